The maximum absolute atomic E-state index is 13.4. The van der Waals surface area contributed by atoms with E-state index < -0.39 is 29.3 Å². The van der Waals surface area contributed by atoms with Crippen LogP contribution in [-0.2, 0) is 17.7 Å². The lowest BCUT2D eigenvalue weighted by molar-refractivity contribution is 0.0853. The van der Waals surface area contributed by atoms with Gasteiger partial charge in [-0.15, -0.1) is 0 Å². The third-order valence-electron chi connectivity index (χ3n) is 5.63. The first-order valence-electron chi connectivity index (χ1n) is 11.1. The molecule has 38 heavy (non-hydrogen) atoms. The Morgan fingerprint density at radius 1 is 1.13 bits per heavy atom. The summed E-state index contributed by atoms with van der Waals surface area (Å²) >= 11 is 12.2. The number of benzene rings is 3. The second-order valence-corrected chi connectivity index (χ2v) is 11.6. The Balaban J connectivity index is 1.65. The number of aromatic nitrogens is 2. The highest BCUT2D eigenvalue weighted by Crippen LogP contribution is 2.34. The van der Waals surface area contributed by atoms with Crippen molar-refractivity contribution in [1.29, 1.82) is 0 Å². The third kappa shape index (κ3) is 6.71. The number of anilines is 2. The fourth-order valence-corrected chi connectivity index (χ4v) is 5.72. The Kier molecular flexibility index (Phi) is 9.74. The van der Waals surface area contributed by atoms with E-state index in [1.807, 2.05) is 52.9 Å². The largest absolute Gasteiger partial charge is 0.755 e. The lowest BCUT2D eigenvalue weighted by atomic mass is 10.0. The zero-order valence-electron chi connectivity index (χ0n) is 19.7. The Bertz CT molecular complexity index is 1480. The SMILES string of the molecule is CC(NC(=O)c1ccc(I)cc1N(c1nsnc1Cc1ccccc1)S(=O)[O-])C(O)c1ccc(Cl)c(Cl)c1. The molecule has 1 amide bonds. The van der Waals surface area contributed by atoms with Gasteiger partial charge < -0.3 is 15.0 Å². The van der Waals surface area contributed by atoms with Crippen molar-refractivity contribution in [2.24, 2.45) is 0 Å². The molecule has 0 aliphatic carbocycles. The summed E-state index contributed by atoms with van der Waals surface area (Å²) in [5.41, 5.74) is 2.06. The van der Waals surface area contributed by atoms with Gasteiger partial charge in [0, 0.05) is 9.99 Å². The minimum Gasteiger partial charge on any atom is -0.755 e. The molecule has 0 saturated carbocycles. The smallest absolute Gasteiger partial charge is 0.253 e. The standard InChI is InChI=1S/C25H21Cl2IN4O4S2/c1-14(23(33)16-7-10-19(26)20(27)12-16)29-25(34)18-9-8-17(28)13-22(18)32(38(35)36)24-21(30-37-31-24)11-15-5-3-2-4-6-15/h2-10,12-14,23,33H,11H2,1H3,(H,29,34)(H,35,36)/p-1. The molecule has 1 aromatic heterocycles. The van der Waals surface area contributed by atoms with E-state index in [2.05, 4.69) is 14.1 Å². The minimum atomic E-state index is -2.82. The first-order chi connectivity index (χ1) is 18.2. The number of hydrogen-bond acceptors (Lipinski definition) is 7. The number of amides is 1. The first-order valence-corrected chi connectivity index (χ1v) is 14.7. The predicted octanol–water partition coefficient (Wildman–Crippen LogP) is 5.82. The highest BCUT2D eigenvalue weighted by Gasteiger charge is 2.26. The molecule has 0 spiro atoms. The summed E-state index contributed by atoms with van der Waals surface area (Å²) in [4.78, 5) is 13.4. The van der Waals surface area contributed by atoms with Crippen LogP contribution < -0.4 is 9.62 Å². The molecule has 0 saturated heterocycles. The monoisotopic (exact) mass is 701 g/mol. The zero-order chi connectivity index (χ0) is 27.4. The third-order valence-corrected chi connectivity index (χ3v) is 8.27. The van der Waals surface area contributed by atoms with E-state index in [4.69, 9.17) is 23.2 Å². The Hall–Kier alpha value is -2.13. The van der Waals surface area contributed by atoms with Gasteiger partial charge in [0.05, 0.1) is 56.4 Å². The number of carbonyl (C=O) groups is 1. The van der Waals surface area contributed by atoms with E-state index >= 15 is 0 Å². The van der Waals surface area contributed by atoms with E-state index in [0.717, 1.165) is 21.6 Å². The number of hydrogen-bond donors (Lipinski definition) is 2. The van der Waals surface area contributed by atoms with Crippen molar-refractivity contribution < 1.29 is 18.7 Å². The Labute approximate surface area is 249 Å². The van der Waals surface area contributed by atoms with Crippen LogP contribution in [0.5, 0.6) is 0 Å². The van der Waals surface area contributed by atoms with Crippen molar-refractivity contribution in [3.05, 3.63) is 103 Å². The van der Waals surface area contributed by atoms with Gasteiger partial charge in [-0.25, -0.2) is 0 Å². The summed E-state index contributed by atoms with van der Waals surface area (Å²) in [6.07, 6.45) is -0.732. The molecule has 1 heterocycles. The summed E-state index contributed by atoms with van der Waals surface area (Å²) in [5, 5.41) is 14.2. The number of aliphatic hydroxyl groups excluding tert-OH is 1. The molecule has 2 N–H and O–H groups in total. The van der Waals surface area contributed by atoms with Gasteiger partial charge in [0.2, 0.25) is 0 Å². The molecular formula is C25H20Cl2IN4O4S2-. The zero-order valence-corrected chi connectivity index (χ0v) is 25.0. The fraction of sp³-hybridized carbons (Fsp3) is 0.160. The van der Waals surface area contributed by atoms with E-state index in [9.17, 15) is 18.7 Å². The number of halogens is 3. The molecular weight excluding hydrogens is 682 g/mol. The van der Waals surface area contributed by atoms with Gasteiger partial charge in [-0.05, 0) is 71.0 Å². The van der Waals surface area contributed by atoms with Crippen LogP contribution in [0.3, 0.4) is 0 Å². The highest BCUT2D eigenvalue weighted by molar-refractivity contribution is 14.1. The lowest BCUT2D eigenvalue weighted by Gasteiger charge is -2.28. The average Bonchev–Trinajstić information content (AvgIpc) is 3.33. The van der Waals surface area contributed by atoms with Crippen molar-refractivity contribution in [1.82, 2.24) is 14.1 Å². The predicted molar refractivity (Wildman–Crippen MR) is 158 cm³/mol. The summed E-state index contributed by atoms with van der Waals surface area (Å²) in [5.74, 6) is -0.460. The van der Waals surface area contributed by atoms with Gasteiger partial charge in [-0.3, -0.25) is 13.3 Å². The molecule has 13 heteroatoms. The van der Waals surface area contributed by atoms with Crippen molar-refractivity contribution in [3.63, 3.8) is 0 Å². The quantitative estimate of drug-likeness (QED) is 0.168. The van der Waals surface area contributed by atoms with Crippen LogP contribution >= 0.6 is 57.5 Å². The van der Waals surface area contributed by atoms with Crippen LogP contribution in [0.25, 0.3) is 0 Å². The van der Waals surface area contributed by atoms with Crippen molar-refractivity contribution in [3.8, 4) is 0 Å². The second-order valence-electron chi connectivity index (χ2n) is 8.25. The molecule has 8 nitrogen and oxygen atoms in total. The minimum absolute atomic E-state index is 0.0847. The first kappa shape index (κ1) is 28.9. The van der Waals surface area contributed by atoms with Crippen LogP contribution in [0, 0.1) is 3.57 Å². The van der Waals surface area contributed by atoms with Crippen LogP contribution in [0.15, 0.2) is 66.7 Å². The van der Waals surface area contributed by atoms with Gasteiger partial charge in [0.1, 0.15) is 5.69 Å². The molecule has 3 aromatic carbocycles. The average molecular weight is 702 g/mol. The topological polar surface area (TPSA) is 118 Å². The van der Waals surface area contributed by atoms with E-state index in [1.165, 1.54) is 12.1 Å². The highest BCUT2D eigenvalue weighted by atomic mass is 127. The number of nitrogens with one attached hydrogen (secondary N) is 1. The molecule has 3 atom stereocenters. The van der Waals surface area contributed by atoms with E-state index in [0.29, 0.717) is 26.3 Å². The maximum atomic E-state index is 13.4. The maximum Gasteiger partial charge on any atom is 0.253 e. The Morgan fingerprint density at radius 2 is 1.87 bits per heavy atom. The van der Waals surface area contributed by atoms with E-state index in [-0.39, 0.29) is 22.1 Å². The van der Waals surface area contributed by atoms with Gasteiger partial charge in [0.15, 0.2) is 5.82 Å². The molecule has 4 aromatic rings. The molecule has 0 aliphatic rings. The Morgan fingerprint density at radius 3 is 2.55 bits per heavy atom. The fourth-order valence-electron chi connectivity index (χ4n) is 3.74. The summed E-state index contributed by atoms with van der Waals surface area (Å²) < 4.78 is 35.3. The second kappa shape index (κ2) is 12.8. The molecule has 198 valence electrons. The number of rotatable bonds is 9. The molecule has 0 fully saturated rings. The van der Waals surface area contributed by atoms with E-state index in [1.54, 1.807) is 31.2 Å². The summed E-state index contributed by atoms with van der Waals surface area (Å²) in [6.45, 7) is 1.63. The molecule has 3 unspecified atom stereocenters. The van der Waals surface area contributed by atoms with Crippen molar-refractivity contribution >= 4 is 86.2 Å². The number of nitrogens with zero attached hydrogens (tertiary/aromatic N) is 3. The van der Waals surface area contributed by atoms with Crippen LogP contribution in [0.1, 0.15) is 40.2 Å². The van der Waals surface area contributed by atoms with Gasteiger partial charge in [-0.2, -0.15) is 8.75 Å². The van der Waals surface area contributed by atoms with Crippen molar-refractivity contribution in [2.75, 3.05) is 4.31 Å². The normalized spacial score (nSPS) is 13.5. The van der Waals surface area contributed by atoms with Crippen LogP contribution in [0.2, 0.25) is 10.0 Å². The lowest BCUT2D eigenvalue weighted by Crippen LogP contribution is -2.38. The van der Waals surface area contributed by atoms with Gasteiger partial charge in [0.25, 0.3) is 5.91 Å². The summed E-state index contributed by atoms with van der Waals surface area (Å²) in [6, 6.07) is 18.2. The molecule has 0 radical (unpaired) electrons. The van der Waals surface area contributed by atoms with Crippen LogP contribution in [-0.4, -0.2) is 34.6 Å². The molecule has 4 rings (SSSR count). The van der Waals surface area contributed by atoms with Gasteiger partial charge >= 0.3 is 0 Å². The van der Waals surface area contributed by atoms with Gasteiger partial charge in [-0.1, -0.05) is 59.6 Å². The summed E-state index contributed by atoms with van der Waals surface area (Å²) in [7, 11) is 0. The number of carbonyl (C=O) groups excluding carboxylic acids is 1. The number of aliphatic hydroxyl groups is 1. The van der Waals surface area contributed by atoms with Crippen molar-refractivity contribution in [2.45, 2.75) is 25.5 Å². The van der Waals surface area contributed by atoms with Crippen LogP contribution in [0.4, 0.5) is 11.5 Å². The molecule has 0 aliphatic heterocycles. The molecule has 0 bridgehead atoms.